The summed E-state index contributed by atoms with van der Waals surface area (Å²) in [6.07, 6.45) is 1.96. The lowest BCUT2D eigenvalue weighted by molar-refractivity contribution is 0.0978. The maximum atomic E-state index is 13.6. The van der Waals surface area contributed by atoms with Gasteiger partial charge in [0.1, 0.15) is 5.69 Å². The van der Waals surface area contributed by atoms with Gasteiger partial charge in [0, 0.05) is 34.1 Å². The van der Waals surface area contributed by atoms with Crippen LogP contribution >= 0.6 is 0 Å². The molecule has 1 amide bonds. The van der Waals surface area contributed by atoms with E-state index in [1.807, 2.05) is 31.2 Å². The van der Waals surface area contributed by atoms with E-state index in [1.54, 1.807) is 42.5 Å². The third-order valence-electron chi connectivity index (χ3n) is 6.37. The van der Waals surface area contributed by atoms with Crippen molar-refractivity contribution in [2.45, 2.75) is 33.2 Å². The SMILES string of the molecule is CCCCn1c(C(=O)Nc2cccc3c2C(=O)c2ccccc2C3=O)c(C)c2ccccc21. The fraction of sp³-hybridized carbons (Fsp3) is 0.179. The zero-order chi connectivity index (χ0) is 23.1. The van der Waals surface area contributed by atoms with Gasteiger partial charge in [-0.3, -0.25) is 14.4 Å². The molecule has 3 aromatic carbocycles. The maximum Gasteiger partial charge on any atom is 0.272 e. The van der Waals surface area contributed by atoms with E-state index >= 15 is 0 Å². The molecule has 0 radical (unpaired) electrons. The number of aromatic nitrogens is 1. The fourth-order valence-corrected chi connectivity index (χ4v) is 4.75. The summed E-state index contributed by atoms with van der Waals surface area (Å²) in [6.45, 7) is 4.80. The van der Waals surface area contributed by atoms with Gasteiger partial charge in [-0.2, -0.15) is 0 Å². The topological polar surface area (TPSA) is 68.2 Å². The van der Waals surface area contributed by atoms with Crippen LogP contribution in [0.5, 0.6) is 0 Å². The molecule has 0 aliphatic heterocycles. The first-order valence-corrected chi connectivity index (χ1v) is 11.2. The first-order valence-electron chi connectivity index (χ1n) is 11.2. The van der Waals surface area contributed by atoms with Gasteiger partial charge >= 0.3 is 0 Å². The average molecular weight is 437 g/mol. The van der Waals surface area contributed by atoms with Gasteiger partial charge in [0.2, 0.25) is 0 Å². The zero-order valence-corrected chi connectivity index (χ0v) is 18.6. The Morgan fingerprint density at radius 3 is 2.27 bits per heavy atom. The van der Waals surface area contributed by atoms with Crippen LogP contribution in [0.1, 0.15) is 67.7 Å². The van der Waals surface area contributed by atoms with E-state index in [-0.39, 0.29) is 23.0 Å². The molecule has 1 aromatic heterocycles. The van der Waals surface area contributed by atoms with Crippen molar-refractivity contribution in [3.05, 3.63) is 100 Å². The minimum absolute atomic E-state index is 0.204. The summed E-state index contributed by atoms with van der Waals surface area (Å²) < 4.78 is 2.06. The lowest BCUT2D eigenvalue weighted by atomic mass is 9.83. The molecule has 5 heteroatoms. The summed E-state index contributed by atoms with van der Waals surface area (Å²) in [5.74, 6) is -0.740. The molecule has 0 fully saturated rings. The van der Waals surface area contributed by atoms with Crippen molar-refractivity contribution in [2.24, 2.45) is 0 Å². The third-order valence-corrected chi connectivity index (χ3v) is 6.37. The van der Waals surface area contributed by atoms with Crippen LogP contribution in [-0.2, 0) is 6.54 Å². The van der Waals surface area contributed by atoms with Gasteiger partial charge < -0.3 is 9.88 Å². The van der Waals surface area contributed by atoms with E-state index in [0.29, 0.717) is 28.1 Å². The van der Waals surface area contributed by atoms with Gasteiger partial charge in [-0.1, -0.05) is 67.9 Å². The van der Waals surface area contributed by atoms with Crippen molar-refractivity contribution >= 4 is 34.1 Å². The lowest BCUT2D eigenvalue weighted by Crippen LogP contribution is -2.25. The van der Waals surface area contributed by atoms with Gasteiger partial charge in [-0.05, 0) is 31.0 Å². The maximum absolute atomic E-state index is 13.6. The van der Waals surface area contributed by atoms with Crippen molar-refractivity contribution in [1.29, 1.82) is 0 Å². The zero-order valence-electron chi connectivity index (χ0n) is 18.6. The number of anilines is 1. The van der Waals surface area contributed by atoms with Gasteiger partial charge in [-0.15, -0.1) is 0 Å². The monoisotopic (exact) mass is 436 g/mol. The van der Waals surface area contributed by atoms with Crippen molar-refractivity contribution in [3.8, 4) is 0 Å². The Morgan fingerprint density at radius 1 is 0.848 bits per heavy atom. The molecule has 164 valence electrons. The van der Waals surface area contributed by atoms with Gasteiger partial charge in [0.05, 0.1) is 11.3 Å². The summed E-state index contributed by atoms with van der Waals surface area (Å²) in [7, 11) is 0. The highest BCUT2D eigenvalue weighted by Gasteiger charge is 2.32. The second-order valence-electron chi connectivity index (χ2n) is 8.38. The Bertz CT molecular complexity index is 1450. The minimum atomic E-state index is -0.285. The van der Waals surface area contributed by atoms with Gasteiger partial charge in [0.15, 0.2) is 11.6 Å². The number of fused-ring (bicyclic) bond motifs is 3. The van der Waals surface area contributed by atoms with E-state index in [1.165, 1.54) is 0 Å². The Hall–Kier alpha value is -3.99. The summed E-state index contributed by atoms with van der Waals surface area (Å²) in [6, 6.07) is 19.8. The quantitative estimate of drug-likeness (QED) is 0.380. The Morgan fingerprint density at radius 2 is 1.52 bits per heavy atom. The number of unbranched alkanes of at least 4 members (excludes halogenated alkanes) is 1. The molecule has 1 heterocycles. The highest BCUT2D eigenvalue weighted by molar-refractivity contribution is 6.30. The van der Waals surface area contributed by atoms with Crippen LogP contribution in [-0.4, -0.2) is 22.0 Å². The first-order chi connectivity index (χ1) is 16.0. The van der Waals surface area contributed by atoms with E-state index in [2.05, 4.69) is 16.8 Å². The van der Waals surface area contributed by atoms with E-state index < -0.39 is 0 Å². The molecule has 5 rings (SSSR count). The van der Waals surface area contributed by atoms with Crippen LogP contribution in [0.15, 0.2) is 66.7 Å². The molecular weight excluding hydrogens is 412 g/mol. The number of nitrogens with zero attached hydrogens (tertiary/aromatic N) is 1. The lowest BCUT2D eigenvalue weighted by Gasteiger charge is -2.20. The second-order valence-corrected chi connectivity index (χ2v) is 8.38. The fourth-order valence-electron chi connectivity index (χ4n) is 4.75. The van der Waals surface area contributed by atoms with E-state index in [9.17, 15) is 14.4 Å². The van der Waals surface area contributed by atoms with Crippen LogP contribution < -0.4 is 5.32 Å². The Kier molecular flexibility index (Phi) is 5.17. The summed E-state index contributed by atoms with van der Waals surface area (Å²) in [4.78, 5) is 39.9. The standard InChI is InChI=1S/C28H24N2O3/c1-3-4-16-30-23-15-8-7-10-18(23)17(2)25(30)28(33)29-22-14-9-13-21-24(22)27(32)20-12-6-5-11-19(20)26(21)31/h5-15H,3-4,16H2,1-2H3,(H,29,33). The molecule has 5 nitrogen and oxygen atoms in total. The summed E-state index contributed by atoms with van der Waals surface area (Å²) in [5.41, 5.74) is 4.19. The van der Waals surface area contributed by atoms with Gasteiger partial charge in [-0.25, -0.2) is 0 Å². The molecule has 33 heavy (non-hydrogen) atoms. The number of nitrogens with one attached hydrogen (secondary N) is 1. The second kappa shape index (κ2) is 8.17. The molecule has 0 unspecified atom stereocenters. The van der Waals surface area contributed by atoms with Crippen LogP contribution in [0.3, 0.4) is 0 Å². The van der Waals surface area contributed by atoms with Crippen molar-refractivity contribution in [2.75, 3.05) is 5.32 Å². The predicted molar refractivity (Wildman–Crippen MR) is 129 cm³/mol. The number of aryl methyl sites for hydroxylation is 2. The molecular formula is C28H24N2O3. The largest absolute Gasteiger partial charge is 0.336 e. The molecule has 0 bridgehead atoms. The number of ketones is 2. The van der Waals surface area contributed by atoms with Crippen molar-refractivity contribution in [3.63, 3.8) is 0 Å². The van der Waals surface area contributed by atoms with Gasteiger partial charge in [0.25, 0.3) is 5.91 Å². The first kappa shape index (κ1) is 20.9. The number of amides is 1. The smallest absolute Gasteiger partial charge is 0.272 e. The number of hydrogen-bond acceptors (Lipinski definition) is 3. The average Bonchev–Trinajstić information content (AvgIpc) is 3.12. The van der Waals surface area contributed by atoms with Crippen molar-refractivity contribution < 1.29 is 14.4 Å². The van der Waals surface area contributed by atoms with Crippen LogP contribution in [0.25, 0.3) is 10.9 Å². The number of benzene rings is 3. The highest BCUT2D eigenvalue weighted by atomic mass is 16.2. The van der Waals surface area contributed by atoms with Crippen LogP contribution in [0.2, 0.25) is 0 Å². The molecule has 0 atom stereocenters. The third kappa shape index (κ3) is 3.28. The number of hydrogen-bond donors (Lipinski definition) is 1. The summed E-state index contributed by atoms with van der Waals surface area (Å²) >= 11 is 0. The number of carbonyl (C=O) groups excluding carboxylic acids is 3. The molecule has 1 aliphatic carbocycles. The van der Waals surface area contributed by atoms with Crippen LogP contribution in [0.4, 0.5) is 5.69 Å². The molecule has 0 saturated heterocycles. The van der Waals surface area contributed by atoms with Crippen LogP contribution in [0, 0.1) is 6.92 Å². The highest BCUT2D eigenvalue weighted by Crippen LogP contribution is 2.33. The van der Waals surface area contributed by atoms with Crippen molar-refractivity contribution in [1.82, 2.24) is 4.57 Å². The molecule has 4 aromatic rings. The number of para-hydroxylation sites is 1. The summed E-state index contributed by atoms with van der Waals surface area (Å²) in [5, 5.41) is 3.99. The molecule has 0 saturated carbocycles. The molecule has 0 spiro atoms. The number of rotatable bonds is 5. The van der Waals surface area contributed by atoms with E-state index in [4.69, 9.17) is 0 Å². The van der Waals surface area contributed by atoms with E-state index in [0.717, 1.165) is 35.9 Å². The predicted octanol–water partition coefficient (Wildman–Crippen LogP) is 5.78. The molecule has 1 aliphatic rings. The minimum Gasteiger partial charge on any atom is -0.336 e. The molecule has 1 N–H and O–H groups in total. The Labute approximate surface area is 192 Å². The normalized spacial score (nSPS) is 12.5. The Balaban J connectivity index is 1.59. The number of carbonyl (C=O) groups is 3.